The number of methoxy groups -OCH3 is 1. The molecule has 1 aromatic heterocycles. The molecule has 11 N–H and O–H groups in total. The Morgan fingerprint density at radius 3 is 2.25 bits per heavy atom. The van der Waals surface area contributed by atoms with Gasteiger partial charge in [0.2, 0.25) is 35.4 Å². The minimum atomic E-state index is -5.11. The fourth-order valence-electron chi connectivity index (χ4n) is 5.95. The molecule has 6 atom stereocenters. The van der Waals surface area contributed by atoms with Gasteiger partial charge in [-0.2, -0.15) is 0 Å². The number of nitrogens with zero attached hydrogens (tertiary/aromatic N) is 3. The Morgan fingerprint density at radius 1 is 0.982 bits per heavy atom. The number of primary amides is 1. The topological polar surface area (TPSA) is 329 Å². The van der Waals surface area contributed by atoms with Gasteiger partial charge in [-0.05, 0) is 45.1 Å². The van der Waals surface area contributed by atoms with Gasteiger partial charge in [-0.25, -0.2) is 9.55 Å². The molecule has 6 amide bonds. The van der Waals surface area contributed by atoms with Gasteiger partial charge in [0.1, 0.15) is 30.2 Å². The SMILES string of the molecule is COCCOCCC(=O)N1CCC[C@H]1C(=O)N[C@@H](CC(C)C)C(=O)N[C@@H](Cc1cncn1CCCN)C(=O)N[C@@H](CO)C(=O)N[C@H](C(N)=O)[C@@H](C)OP(=O)(O)O. The molecular formula is C33H58N9O13P. The standard InChI is InChI=1S/C33H58N9O13P/c1-20(2)15-23(38-33(49)26-7-5-11-42(26)27(44)8-12-54-14-13-53-4)30(46)37-24(16-22-17-36-19-41(22)10-6-9-34)31(47)39-25(18-43)32(48)40-28(29(35)45)21(3)55-56(50,51)52/h17,19-21,23-26,28,43H,5-16,18,34H2,1-4H3,(H2,35,45)(H,37,46)(H,38,49)(H,39,47)(H,40,48)(H2,50,51,52)/t21-,23+,24+,25+,26+,28+/m1/s1. The fraction of sp³-hybridized carbons (Fsp3) is 0.727. The molecule has 23 heteroatoms. The van der Waals surface area contributed by atoms with E-state index in [2.05, 4.69) is 30.8 Å². The number of carbonyl (C=O) groups excluding carboxylic acids is 6. The van der Waals surface area contributed by atoms with Crippen molar-refractivity contribution in [3.8, 4) is 0 Å². The van der Waals surface area contributed by atoms with E-state index in [1.807, 2.05) is 13.8 Å². The first-order valence-corrected chi connectivity index (χ1v) is 19.9. The zero-order valence-electron chi connectivity index (χ0n) is 32.3. The third-order valence-corrected chi connectivity index (χ3v) is 9.36. The van der Waals surface area contributed by atoms with Gasteiger partial charge in [0, 0.05) is 38.5 Å². The second-order valence-electron chi connectivity index (χ2n) is 13.7. The second-order valence-corrected chi connectivity index (χ2v) is 14.9. The molecule has 0 bridgehead atoms. The van der Waals surface area contributed by atoms with Crippen LogP contribution in [0.15, 0.2) is 12.5 Å². The number of ether oxygens (including phenoxy) is 2. The summed E-state index contributed by atoms with van der Waals surface area (Å²) in [5.74, 6) is -5.02. The van der Waals surface area contributed by atoms with E-state index in [9.17, 15) is 38.4 Å². The van der Waals surface area contributed by atoms with Crippen LogP contribution in [-0.4, -0.2) is 148 Å². The van der Waals surface area contributed by atoms with Crippen LogP contribution in [0.1, 0.15) is 58.6 Å². The number of aliphatic hydroxyl groups is 1. The number of rotatable bonds is 26. The number of imidazole rings is 1. The lowest BCUT2D eigenvalue weighted by atomic mass is 10.0. The Hall–Kier alpha value is -4.02. The number of phosphoric ester groups is 1. The lowest BCUT2D eigenvalue weighted by molar-refractivity contribution is -0.140. The van der Waals surface area contributed by atoms with Crippen LogP contribution >= 0.6 is 7.82 Å². The Balaban J connectivity index is 2.31. The Labute approximate surface area is 325 Å². The largest absolute Gasteiger partial charge is 0.469 e. The van der Waals surface area contributed by atoms with Crippen LogP contribution in [0.3, 0.4) is 0 Å². The second kappa shape index (κ2) is 23.9. The Morgan fingerprint density at radius 2 is 1.64 bits per heavy atom. The smallest absolute Gasteiger partial charge is 0.394 e. The highest BCUT2D eigenvalue weighted by Gasteiger charge is 2.38. The lowest BCUT2D eigenvalue weighted by Gasteiger charge is -2.29. The van der Waals surface area contributed by atoms with Crippen molar-refractivity contribution in [2.45, 2.75) is 102 Å². The summed E-state index contributed by atoms with van der Waals surface area (Å²) in [6.45, 7) is 5.70. The summed E-state index contributed by atoms with van der Waals surface area (Å²) in [6.07, 6.45) is 2.92. The molecule has 0 aromatic carbocycles. The van der Waals surface area contributed by atoms with Gasteiger partial charge in [0.25, 0.3) is 0 Å². The van der Waals surface area contributed by atoms with Crippen molar-refractivity contribution in [1.82, 2.24) is 35.7 Å². The first kappa shape index (κ1) is 48.1. The summed E-state index contributed by atoms with van der Waals surface area (Å²) < 4.78 is 27.8. The Bertz CT molecular complexity index is 1510. The van der Waals surface area contributed by atoms with E-state index in [0.29, 0.717) is 57.8 Å². The van der Waals surface area contributed by atoms with Crippen molar-refractivity contribution in [1.29, 1.82) is 0 Å². The number of hydrogen-bond acceptors (Lipinski definition) is 13. The minimum absolute atomic E-state index is 0.0539. The minimum Gasteiger partial charge on any atom is -0.394 e. The summed E-state index contributed by atoms with van der Waals surface area (Å²) in [6, 6.07) is -6.93. The van der Waals surface area contributed by atoms with Crippen LogP contribution in [0.4, 0.5) is 0 Å². The van der Waals surface area contributed by atoms with E-state index >= 15 is 0 Å². The number of nitrogens with two attached hydrogens (primary N) is 2. The van der Waals surface area contributed by atoms with Crippen LogP contribution in [0.5, 0.6) is 0 Å². The monoisotopic (exact) mass is 819 g/mol. The van der Waals surface area contributed by atoms with E-state index in [1.165, 1.54) is 24.5 Å². The highest BCUT2D eigenvalue weighted by molar-refractivity contribution is 7.46. The van der Waals surface area contributed by atoms with E-state index in [1.54, 1.807) is 4.57 Å². The van der Waals surface area contributed by atoms with E-state index in [4.69, 9.17) is 30.7 Å². The zero-order chi connectivity index (χ0) is 42.0. The molecule has 0 unspecified atom stereocenters. The summed E-state index contributed by atoms with van der Waals surface area (Å²) in [5.41, 5.74) is 11.5. The van der Waals surface area contributed by atoms with Crippen molar-refractivity contribution < 1.29 is 62.2 Å². The fourth-order valence-corrected chi connectivity index (χ4v) is 6.50. The molecule has 1 saturated heterocycles. The number of nitrogens with one attached hydrogen (secondary N) is 4. The summed E-state index contributed by atoms with van der Waals surface area (Å²) >= 11 is 0. The van der Waals surface area contributed by atoms with Crippen LogP contribution in [0, 0.1) is 5.92 Å². The van der Waals surface area contributed by atoms with Gasteiger partial charge < -0.3 is 66.6 Å². The molecule has 1 fully saturated rings. The molecule has 2 heterocycles. The van der Waals surface area contributed by atoms with Crippen molar-refractivity contribution in [3.05, 3.63) is 18.2 Å². The predicted octanol–water partition coefficient (Wildman–Crippen LogP) is -3.22. The zero-order valence-corrected chi connectivity index (χ0v) is 33.2. The number of carbonyl (C=O) groups is 6. The summed E-state index contributed by atoms with van der Waals surface area (Å²) in [4.78, 5) is 103. The van der Waals surface area contributed by atoms with Crippen LogP contribution < -0.4 is 32.7 Å². The number of hydrogen-bond donors (Lipinski definition) is 9. The molecular weight excluding hydrogens is 761 g/mol. The van der Waals surface area contributed by atoms with Crippen molar-refractivity contribution in [3.63, 3.8) is 0 Å². The first-order chi connectivity index (χ1) is 26.4. The van der Waals surface area contributed by atoms with Gasteiger partial charge >= 0.3 is 7.82 Å². The molecule has 1 aromatic rings. The van der Waals surface area contributed by atoms with E-state index < -0.39 is 80.3 Å². The van der Waals surface area contributed by atoms with Crippen LogP contribution in [0.2, 0.25) is 0 Å². The predicted molar refractivity (Wildman–Crippen MR) is 198 cm³/mol. The number of aryl methyl sites for hydroxylation is 1. The van der Waals surface area contributed by atoms with E-state index in [-0.39, 0.29) is 37.7 Å². The lowest BCUT2D eigenvalue weighted by Crippen LogP contribution is -2.61. The van der Waals surface area contributed by atoms with Gasteiger partial charge in [-0.3, -0.25) is 33.3 Å². The highest BCUT2D eigenvalue weighted by Crippen LogP contribution is 2.38. The molecule has 0 saturated carbocycles. The van der Waals surface area contributed by atoms with Gasteiger partial charge in [0.05, 0.1) is 45.3 Å². The first-order valence-electron chi connectivity index (χ1n) is 18.3. The average Bonchev–Trinajstić information content (AvgIpc) is 3.80. The van der Waals surface area contributed by atoms with E-state index in [0.717, 1.165) is 6.92 Å². The average molecular weight is 820 g/mol. The summed E-state index contributed by atoms with van der Waals surface area (Å²) in [5, 5.41) is 19.9. The molecule has 22 nitrogen and oxygen atoms in total. The van der Waals surface area contributed by atoms with Crippen LogP contribution in [-0.2, 0) is 60.3 Å². The highest BCUT2D eigenvalue weighted by atomic mass is 31.2. The molecule has 0 aliphatic carbocycles. The molecule has 0 spiro atoms. The quantitative estimate of drug-likeness (QED) is 0.0328. The number of likely N-dealkylation sites (tertiary alicyclic amines) is 1. The maximum absolute atomic E-state index is 14.0. The van der Waals surface area contributed by atoms with Crippen molar-refractivity contribution >= 4 is 43.3 Å². The molecule has 1 aliphatic rings. The molecule has 2 rings (SSSR count). The number of aliphatic hydroxyl groups excluding tert-OH is 1. The molecule has 56 heavy (non-hydrogen) atoms. The Kier molecular flexibility index (Phi) is 20.5. The third kappa shape index (κ3) is 16.2. The maximum Gasteiger partial charge on any atom is 0.469 e. The van der Waals surface area contributed by atoms with Gasteiger partial charge in [-0.15, -0.1) is 0 Å². The third-order valence-electron chi connectivity index (χ3n) is 8.75. The number of amides is 6. The molecule has 1 aliphatic heterocycles. The molecule has 0 radical (unpaired) electrons. The van der Waals surface area contributed by atoms with Crippen molar-refractivity contribution in [2.24, 2.45) is 17.4 Å². The maximum atomic E-state index is 14.0. The number of aromatic nitrogens is 2. The molecule has 318 valence electrons. The van der Waals surface area contributed by atoms with Crippen molar-refractivity contribution in [2.75, 3.05) is 46.6 Å². The van der Waals surface area contributed by atoms with Crippen LogP contribution in [0.25, 0.3) is 0 Å². The van der Waals surface area contributed by atoms with Gasteiger partial charge in [-0.1, -0.05) is 13.8 Å². The normalized spacial score (nSPS) is 17.1. The number of phosphoric acid groups is 1. The van der Waals surface area contributed by atoms with Gasteiger partial charge in [0.15, 0.2) is 0 Å². The summed E-state index contributed by atoms with van der Waals surface area (Å²) in [7, 11) is -3.58.